The highest BCUT2D eigenvalue weighted by molar-refractivity contribution is 6.00. The summed E-state index contributed by atoms with van der Waals surface area (Å²) < 4.78 is 130. The number of aryl methyl sites for hydroxylation is 2. The average molecular weight is 1670 g/mol. The van der Waals surface area contributed by atoms with Crippen molar-refractivity contribution in [1.82, 2.24) is 9.80 Å². The van der Waals surface area contributed by atoms with Crippen LogP contribution < -0.4 is 0 Å². The Labute approximate surface area is 720 Å². The molecule has 3 aliphatic rings. The zero-order chi connectivity index (χ0) is 86.2. The van der Waals surface area contributed by atoms with Crippen LogP contribution >= 0.6 is 0 Å². The molecule has 0 spiro atoms. The highest BCUT2D eigenvalue weighted by Gasteiger charge is 2.60. The molecule has 0 bridgehead atoms. The molecule has 13 aromatic carbocycles. The fraction of sp³-hybridized carbons (Fsp3) is 0.259. The lowest BCUT2D eigenvalue weighted by molar-refractivity contribution is -0.896. The topological polar surface area (TPSA) is 72.1 Å². The summed E-state index contributed by atoms with van der Waals surface area (Å²) in [6.07, 6.45) is -7.93. The summed E-state index contributed by atoms with van der Waals surface area (Å²) in [5, 5.41) is 0. The van der Waals surface area contributed by atoms with Gasteiger partial charge in [-0.1, -0.05) is 378 Å². The first-order chi connectivity index (χ1) is 57.8. The molecule has 2 N–H and O–H groups in total. The standard InChI is InChI=1S/C41H41F3N.C40H38F3N.C12H10.C8H5F3O.C6H11NO.CH4.H2O/c1-30-10-12-31(13-11-30)33-16-22-37(23-17-33)40(41(42,43)44,36-8-6-5-7-9-36)38-24-18-34(19-25-38)32-14-20-35(21-15-32)39(2)26-28-45(3,4)29-27-39;1-29-9-11-30(12-10-29)32-15-21-36(22-16-32)39(40(41,42)43,35-7-5-4-6-8-35)37-23-17-33(18-24-37)31-13-19-34(20-14-31)38(2)25-27-44(3)28-26-38;1-3-7-11(8-4-1)12-9-5-2-6-10-12;9-8(10,11)7(12)6-4-2-1-3-5-6;1-7-4-2-6(8)3-5-7;;/h5-25H,26-29H2,1-4H3;4-24H,25-28H2,1-3H3;1-10H;1-5H;2-5H2,1H3;1H4;1H2/q+1;;;;;;. The first kappa shape index (κ1) is 93.7. The molecule has 3 fully saturated rings. The molecule has 16 rings (SSSR count). The number of benzene rings is 13. The Balaban J connectivity index is 0.000000187. The summed E-state index contributed by atoms with van der Waals surface area (Å²) in [6, 6.07) is 105. The zero-order valence-corrected chi connectivity index (χ0v) is 70.5. The number of ketones is 2. The number of hydrogen-bond donors (Lipinski definition) is 0. The highest BCUT2D eigenvalue weighted by atomic mass is 19.4. The SMILES string of the molecule is C.CN1CCC(=O)CC1.Cc1ccc(-c2ccc(C(c3ccccc3)(c3ccc(-c4ccc(C5(C)CCN(C)CC5)cc4)cc3)C(F)(F)F)cc2)cc1.Cc1ccc(-c2ccc(C(c3ccccc3)(c3ccc(-c4ccc(C5(C)CC[N+](C)(C)CC5)cc4)cc3)C(F)(F)F)cc2)cc1.O.O=C(c1ccccc1)C(F)(F)F.c1ccc(-c2ccccc2)cc1. The number of alkyl halides is 9. The Hall–Kier alpha value is -11.6. The van der Waals surface area contributed by atoms with Gasteiger partial charge in [-0.25, -0.2) is 0 Å². The third-order valence-corrected chi connectivity index (χ3v) is 24.5. The molecule has 6 nitrogen and oxygen atoms in total. The molecule has 123 heavy (non-hydrogen) atoms. The minimum absolute atomic E-state index is 0. The molecule has 13 aromatic rings. The summed E-state index contributed by atoms with van der Waals surface area (Å²) in [7, 11) is 8.79. The number of hydrogen-bond acceptors (Lipinski definition) is 4. The van der Waals surface area contributed by atoms with E-state index < -0.39 is 35.1 Å². The number of likely N-dealkylation sites (tertiary alicyclic amines) is 3. The molecule has 0 aromatic heterocycles. The molecule has 0 radical (unpaired) electrons. The molecule has 15 heteroatoms. The van der Waals surface area contributed by atoms with Gasteiger partial charge in [-0.2, -0.15) is 39.5 Å². The van der Waals surface area contributed by atoms with Crippen molar-refractivity contribution in [2.75, 3.05) is 67.5 Å². The predicted octanol–water partition coefficient (Wildman–Crippen LogP) is 26.4. The summed E-state index contributed by atoms with van der Waals surface area (Å²) in [5.74, 6) is -1.38. The fourth-order valence-corrected chi connectivity index (χ4v) is 16.5. The van der Waals surface area contributed by atoms with Gasteiger partial charge >= 0.3 is 18.5 Å². The van der Waals surface area contributed by atoms with E-state index in [9.17, 15) is 22.8 Å². The Morgan fingerprint density at radius 3 is 0.813 bits per heavy atom. The molecule has 3 saturated heterocycles. The van der Waals surface area contributed by atoms with Crippen molar-refractivity contribution in [3.05, 3.63) is 407 Å². The van der Waals surface area contributed by atoms with Crippen LogP contribution in [0.4, 0.5) is 39.5 Å². The second-order valence-corrected chi connectivity index (χ2v) is 33.5. The van der Waals surface area contributed by atoms with Crippen LogP contribution in [-0.4, -0.2) is 117 Å². The van der Waals surface area contributed by atoms with Crippen molar-refractivity contribution in [1.29, 1.82) is 0 Å². The fourth-order valence-electron chi connectivity index (χ4n) is 16.5. The van der Waals surface area contributed by atoms with Gasteiger partial charge in [-0.3, -0.25) is 9.59 Å². The van der Waals surface area contributed by atoms with Crippen LogP contribution in [0.3, 0.4) is 0 Å². The lowest BCUT2D eigenvalue weighted by atomic mass is 9.68. The van der Waals surface area contributed by atoms with Crippen LogP contribution in [0.2, 0.25) is 0 Å². The summed E-state index contributed by atoms with van der Waals surface area (Å²) in [6.45, 7) is 15.1. The molecule has 2 unspecified atom stereocenters. The minimum atomic E-state index is -4.78. The van der Waals surface area contributed by atoms with Crippen molar-refractivity contribution in [2.45, 2.75) is 114 Å². The van der Waals surface area contributed by atoms with Crippen molar-refractivity contribution < 1.29 is 59.1 Å². The summed E-state index contributed by atoms with van der Waals surface area (Å²) >= 11 is 0. The molecule has 3 heterocycles. The number of nitrogens with zero attached hydrogens (tertiary/aromatic N) is 3. The Bertz CT molecular complexity index is 5400. The molecule has 2 atom stereocenters. The van der Waals surface area contributed by atoms with Gasteiger partial charge in [-0.15, -0.1) is 0 Å². The normalized spacial score (nSPS) is 16.0. The number of halogens is 9. The van der Waals surface area contributed by atoms with Crippen LogP contribution in [-0.2, 0) is 26.5 Å². The van der Waals surface area contributed by atoms with E-state index in [1.165, 1.54) is 34.4 Å². The van der Waals surface area contributed by atoms with Crippen LogP contribution in [0.1, 0.15) is 126 Å². The van der Waals surface area contributed by atoms with Gasteiger partial charge in [0.1, 0.15) is 16.6 Å². The molecular formula is C108H111F9N3O3+. The van der Waals surface area contributed by atoms with E-state index in [-0.39, 0.29) is 62.7 Å². The van der Waals surface area contributed by atoms with Crippen molar-refractivity contribution in [3.8, 4) is 55.6 Å². The number of rotatable bonds is 14. The van der Waals surface area contributed by atoms with E-state index in [1.54, 1.807) is 140 Å². The molecule has 0 aliphatic carbocycles. The quantitative estimate of drug-likeness (QED) is 0.0471. The first-order valence-corrected chi connectivity index (χ1v) is 41.3. The number of carbonyl (C=O) groups excluding carboxylic acids is 2. The average Bonchev–Trinajstić information content (AvgIpc) is 0.724. The van der Waals surface area contributed by atoms with Crippen molar-refractivity contribution >= 4 is 11.6 Å². The maximum atomic E-state index is 15.6. The number of quaternary nitrogens is 1. The van der Waals surface area contributed by atoms with E-state index >= 15 is 26.3 Å². The number of piperidine rings is 3. The third-order valence-electron chi connectivity index (χ3n) is 24.5. The lowest BCUT2D eigenvalue weighted by Crippen LogP contribution is -2.50. The van der Waals surface area contributed by atoms with Crippen LogP contribution in [0.15, 0.2) is 346 Å². The van der Waals surface area contributed by atoms with Gasteiger partial charge < -0.3 is 19.8 Å². The van der Waals surface area contributed by atoms with Crippen LogP contribution in [0.25, 0.3) is 55.6 Å². The van der Waals surface area contributed by atoms with Gasteiger partial charge in [0, 0.05) is 49.8 Å². The van der Waals surface area contributed by atoms with E-state index in [0.717, 1.165) is 150 Å². The summed E-state index contributed by atoms with van der Waals surface area (Å²) in [4.78, 5) is 25.7. The third kappa shape index (κ3) is 22.5. The molecular weight excluding hydrogens is 1560 g/mol. The molecule has 3 aliphatic heterocycles. The van der Waals surface area contributed by atoms with Crippen LogP contribution in [0.5, 0.6) is 0 Å². The van der Waals surface area contributed by atoms with E-state index in [4.69, 9.17) is 0 Å². The Morgan fingerprint density at radius 2 is 0.545 bits per heavy atom. The van der Waals surface area contributed by atoms with Crippen molar-refractivity contribution in [2.24, 2.45) is 0 Å². The maximum absolute atomic E-state index is 15.6. The maximum Gasteiger partial charge on any atom is 0.454 e. The van der Waals surface area contributed by atoms with Crippen LogP contribution in [0, 0.1) is 13.8 Å². The van der Waals surface area contributed by atoms with Gasteiger partial charge in [0.2, 0.25) is 0 Å². The largest absolute Gasteiger partial charge is 0.454 e. The second kappa shape index (κ2) is 40.6. The zero-order valence-electron chi connectivity index (χ0n) is 70.5. The molecule has 638 valence electrons. The Kier molecular flexibility index (Phi) is 30.9. The second-order valence-electron chi connectivity index (χ2n) is 33.5. The lowest BCUT2D eigenvalue weighted by Gasteiger charge is -2.43. The minimum Gasteiger partial charge on any atom is -0.412 e. The smallest absolute Gasteiger partial charge is 0.412 e. The van der Waals surface area contributed by atoms with E-state index in [1.807, 2.05) is 106 Å². The predicted molar refractivity (Wildman–Crippen MR) is 485 cm³/mol. The van der Waals surface area contributed by atoms with Gasteiger partial charge in [-0.05, 0) is 159 Å². The van der Waals surface area contributed by atoms with Gasteiger partial charge in [0.05, 0.1) is 27.2 Å². The number of Topliss-reactive ketones (excluding diaryl/α,β-unsaturated/α-hetero) is 2. The van der Waals surface area contributed by atoms with E-state index in [2.05, 4.69) is 142 Å². The van der Waals surface area contributed by atoms with Gasteiger partial charge in [0.15, 0.2) is 0 Å². The molecule has 0 amide bonds. The summed E-state index contributed by atoms with van der Waals surface area (Å²) in [5.41, 5.74) is 11.4. The van der Waals surface area contributed by atoms with E-state index in [0.29, 0.717) is 5.78 Å². The van der Waals surface area contributed by atoms with Crippen molar-refractivity contribution in [3.63, 3.8) is 0 Å². The highest BCUT2D eigenvalue weighted by Crippen LogP contribution is 2.54. The number of carbonyl (C=O) groups is 2. The van der Waals surface area contributed by atoms with Gasteiger partial charge in [0.25, 0.3) is 5.78 Å². The molecule has 0 saturated carbocycles. The monoisotopic (exact) mass is 1670 g/mol. The first-order valence-electron chi connectivity index (χ1n) is 41.3. The Morgan fingerprint density at radius 1 is 0.317 bits per heavy atom.